The van der Waals surface area contributed by atoms with E-state index in [-0.39, 0.29) is 4.90 Å². The van der Waals surface area contributed by atoms with Crippen LogP contribution in [0.1, 0.15) is 12.8 Å². The van der Waals surface area contributed by atoms with Crippen LogP contribution in [0.15, 0.2) is 17.2 Å². The van der Waals surface area contributed by atoms with Crippen molar-refractivity contribution in [3.8, 4) is 0 Å². The molecule has 1 saturated carbocycles. The van der Waals surface area contributed by atoms with Gasteiger partial charge >= 0.3 is 0 Å². The predicted octanol–water partition coefficient (Wildman–Crippen LogP) is 1.81. The number of hydrogen-bond donors (Lipinski definition) is 1. The van der Waals surface area contributed by atoms with Crippen LogP contribution in [0.2, 0.25) is 5.02 Å². The van der Waals surface area contributed by atoms with E-state index >= 15 is 0 Å². The maximum absolute atomic E-state index is 12.3. The molecule has 0 amide bonds. The van der Waals surface area contributed by atoms with Crippen LogP contribution >= 0.6 is 11.6 Å². The van der Waals surface area contributed by atoms with Gasteiger partial charge in [-0.1, -0.05) is 11.6 Å². The molecule has 1 aliphatic rings. The zero-order valence-corrected chi connectivity index (χ0v) is 11.9. The van der Waals surface area contributed by atoms with Gasteiger partial charge in [-0.15, -0.1) is 0 Å². The number of aromatic nitrogens is 1. The molecule has 1 fully saturated rings. The predicted molar refractivity (Wildman–Crippen MR) is 71.3 cm³/mol. The molecular weight excluding hydrogens is 274 g/mol. The Kier molecular flexibility index (Phi) is 3.79. The molecule has 1 aromatic heterocycles. The minimum absolute atomic E-state index is 0.134. The maximum atomic E-state index is 12.3. The highest BCUT2D eigenvalue weighted by Gasteiger charge is 2.29. The Morgan fingerprint density at radius 2 is 2.22 bits per heavy atom. The van der Waals surface area contributed by atoms with Crippen molar-refractivity contribution < 1.29 is 8.42 Å². The second-order valence-corrected chi connectivity index (χ2v) is 6.93. The summed E-state index contributed by atoms with van der Waals surface area (Å²) in [6.07, 6.45) is 3.55. The quantitative estimate of drug-likeness (QED) is 0.898. The van der Waals surface area contributed by atoms with Gasteiger partial charge in [0.05, 0.1) is 5.02 Å². The number of anilines is 1. The van der Waals surface area contributed by atoms with Gasteiger partial charge in [-0.25, -0.2) is 17.7 Å². The van der Waals surface area contributed by atoms with Gasteiger partial charge in [0.1, 0.15) is 10.7 Å². The van der Waals surface area contributed by atoms with Crippen LogP contribution in [0.5, 0.6) is 0 Å². The van der Waals surface area contributed by atoms with E-state index in [2.05, 4.69) is 10.3 Å². The zero-order valence-electron chi connectivity index (χ0n) is 10.4. The first kappa shape index (κ1) is 13.6. The number of pyridine rings is 1. The Bertz CT molecular complexity index is 543. The van der Waals surface area contributed by atoms with Crippen molar-refractivity contribution in [2.75, 3.05) is 26.0 Å². The standard InChI is InChI=1S/C11H16ClN3O2S/c1-13-11-10(12)5-9(6-14-11)18(16,17)15(2)7-8-3-4-8/h5-6,8H,3-4,7H2,1-2H3,(H,13,14). The normalized spacial score (nSPS) is 16.0. The Hall–Kier alpha value is -0.850. The molecule has 1 heterocycles. The molecule has 18 heavy (non-hydrogen) atoms. The van der Waals surface area contributed by atoms with Gasteiger partial charge < -0.3 is 5.32 Å². The molecule has 0 aromatic carbocycles. The lowest BCUT2D eigenvalue weighted by molar-refractivity contribution is 0.452. The molecule has 0 bridgehead atoms. The largest absolute Gasteiger partial charge is 0.372 e. The van der Waals surface area contributed by atoms with Gasteiger partial charge in [-0.2, -0.15) is 0 Å². The van der Waals surface area contributed by atoms with Crippen LogP contribution < -0.4 is 5.32 Å². The fourth-order valence-electron chi connectivity index (χ4n) is 1.69. The third-order valence-corrected chi connectivity index (χ3v) is 5.05. The van der Waals surface area contributed by atoms with Gasteiger partial charge in [0.2, 0.25) is 10.0 Å². The summed E-state index contributed by atoms with van der Waals surface area (Å²) in [6, 6.07) is 1.43. The van der Waals surface area contributed by atoms with E-state index in [0.717, 1.165) is 12.8 Å². The van der Waals surface area contributed by atoms with Crippen LogP contribution in [0.3, 0.4) is 0 Å². The average molecular weight is 290 g/mol. The van der Waals surface area contributed by atoms with Crippen LogP contribution in [-0.4, -0.2) is 38.3 Å². The van der Waals surface area contributed by atoms with Crippen molar-refractivity contribution in [1.82, 2.24) is 9.29 Å². The first-order valence-corrected chi connectivity index (χ1v) is 7.56. The van der Waals surface area contributed by atoms with E-state index in [4.69, 9.17) is 11.6 Å². The Labute approximate surface area is 112 Å². The molecule has 0 unspecified atom stereocenters. The number of rotatable bonds is 5. The fourth-order valence-corrected chi connectivity index (χ4v) is 3.23. The van der Waals surface area contributed by atoms with E-state index < -0.39 is 10.0 Å². The molecule has 0 aliphatic heterocycles. The highest BCUT2D eigenvalue weighted by atomic mass is 35.5. The van der Waals surface area contributed by atoms with Gasteiger partial charge in [0, 0.05) is 26.8 Å². The lowest BCUT2D eigenvalue weighted by Crippen LogP contribution is -2.29. The van der Waals surface area contributed by atoms with E-state index in [9.17, 15) is 8.42 Å². The van der Waals surface area contributed by atoms with E-state index in [0.29, 0.717) is 23.3 Å². The van der Waals surface area contributed by atoms with Crippen molar-refractivity contribution >= 4 is 27.4 Å². The highest BCUT2D eigenvalue weighted by molar-refractivity contribution is 7.89. The van der Waals surface area contributed by atoms with Gasteiger partial charge in [-0.3, -0.25) is 0 Å². The molecule has 0 radical (unpaired) electrons. The molecule has 0 atom stereocenters. The summed E-state index contributed by atoms with van der Waals surface area (Å²) in [5.41, 5.74) is 0. The number of sulfonamides is 1. The SMILES string of the molecule is CNc1ncc(S(=O)(=O)N(C)CC2CC2)cc1Cl. The van der Waals surface area contributed by atoms with E-state index in [1.807, 2.05) is 0 Å². The van der Waals surface area contributed by atoms with Crippen molar-refractivity contribution in [2.24, 2.45) is 5.92 Å². The van der Waals surface area contributed by atoms with Crippen molar-refractivity contribution in [3.05, 3.63) is 17.3 Å². The molecule has 1 aromatic rings. The lowest BCUT2D eigenvalue weighted by Gasteiger charge is -2.17. The second kappa shape index (κ2) is 5.03. The Morgan fingerprint density at radius 1 is 1.56 bits per heavy atom. The highest BCUT2D eigenvalue weighted by Crippen LogP contribution is 2.31. The molecule has 0 spiro atoms. The van der Waals surface area contributed by atoms with Crippen molar-refractivity contribution in [3.63, 3.8) is 0 Å². The van der Waals surface area contributed by atoms with Crippen LogP contribution in [0.25, 0.3) is 0 Å². The van der Waals surface area contributed by atoms with Crippen LogP contribution in [0.4, 0.5) is 5.82 Å². The summed E-state index contributed by atoms with van der Waals surface area (Å²) >= 11 is 5.95. The molecule has 1 aliphatic carbocycles. The third kappa shape index (κ3) is 2.76. The molecule has 7 heteroatoms. The second-order valence-electron chi connectivity index (χ2n) is 4.48. The zero-order chi connectivity index (χ0) is 13.3. The molecule has 5 nitrogen and oxygen atoms in total. The number of hydrogen-bond acceptors (Lipinski definition) is 4. The fraction of sp³-hybridized carbons (Fsp3) is 0.545. The number of nitrogens with zero attached hydrogens (tertiary/aromatic N) is 2. The minimum atomic E-state index is -3.48. The van der Waals surface area contributed by atoms with Crippen LogP contribution in [0, 0.1) is 5.92 Å². The number of nitrogens with one attached hydrogen (secondary N) is 1. The summed E-state index contributed by atoms with van der Waals surface area (Å²) in [5, 5.41) is 3.10. The summed E-state index contributed by atoms with van der Waals surface area (Å²) < 4.78 is 25.9. The Morgan fingerprint density at radius 3 is 2.72 bits per heavy atom. The average Bonchev–Trinajstić information content (AvgIpc) is 3.12. The van der Waals surface area contributed by atoms with Crippen molar-refractivity contribution in [2.45, 2.75) is 17.7 Å². The smallest absolute Gasteiger partial charge is 0.244 e. The van der Waals surface area contributed by atoms with Gasteiger partial charge in [0.25, 0.3) is 0 Å². The monoisotopic (exact) mass is 289 g/mol. The van der Waals surface area contributed by atoms with E-state index in [1.54, 1.807) is 14.1 Å². The molecule has 0 saturated heterocycles. The minimum Gasteiger partial charge on any atom is -0.372 e. The summed E-state index contributed by atoms with van der Waals surface area (Å²) in [7, 11) is -0.210. The maximum Gasteiger partial charge on any atom is 0.244 e. The topological polar surface area (TPSA) is 62.3 Å². The summed E-state index contributed by atoms with van der Waals surface area (Å²) in [5.74, 6) is 0.977. The summed E-state index contributed by atoms with van der Waals surface area (Å²) in [6.45, 7) is 0.563. The third-order valence-electron chi connectivity index (χ3n) is 2.97. The first-order valence-electron chi connectivity index (χ1n) is 5.75. The van der Waals surface area contributed by atoms with Gasteiger partial charge in [-0.05, 0) is 24.8 Å². The molecule has 1 N–H and O–H groups in total. The Balaban J connectivity index is 2.25. The first-order chi connectivity index (χ1) is 8.45. The van der Waals surface area contributed by atoms with Crippen molar-refractivity contribution in [1.29, 1.82) is 0 Å². The van der Waals surface area contributed by atoms with E-state index in [1.165, 1.54) is 16.6 Å². The summed E-state index contributed by atoms with van der Waals surface area (Å²) in [4.78, 5) is 4.13. The van der Waals surface area contributed by atoms with Crippen LogP contribution in [-0.2, 0) is 10.0 Å². The molecule has 100 valence electrons. The lowest BCUT2D eigenvalue weighted by atomic mass is 10.4. The molecule has 2 rings (SSSR count). The van der Waals surface area contributed by atoms with Gasteiger partial charge in [0.15, 0.2) is 0 Å². The number of halogens is 1. The molecular formula is C11H16ClN3O2S.